The first-order valence-corrected chi connectivity index (χ1v) is 7.41. The highest BCUT2D eigenvalue weighted by Crippen LogP contribution is 2.13. The molecule has 2 aromatic rings. The molecule has 0 aliphatic heterocycles. The minimum absolute atomic E-state index is 0.0870. The summed E-state index contributed by atoms with van der Waals surface area (Å²) >= 11 is 0. The van der Waals surface area contributed by atoms with Crippen LogP contribution in [0.2, 0.25) is 0 Å². The molecule has 2 heterocycles. The van der Waals surface area contributed by atoms with Gasteiger partial charge in [0.1, 0.15) is 12.4 Å². The molecule has 0 saturated carbocycles. The van der Waals surface area contributed by atoms with Crippen molar-refractivity contribution >= 4 is 11.6 Å². The molecule has 1 amide bonds. The molecule has 0 aromatic carbocycles. The number of hydrogen-bond donors (Lipinski definition) is 1. The van der Waals surface area contributed by atoms with Crippen LogP contribution in [0.1, 0.15) is 32.5 Å². The highest BCUT2D eigenvalue weighted by molar-refractivity contribution is 5.78. The standard InChI is InChI=1S/C14H20N6O3/c1-4-18-6-5-13(17-18)11(3)16-14(21)10(2)8-19-9-12(7-15-19)20(22)23/h5-7,9-11H,4,8H2,1-3H3,(H,16,21). The summed E-state index contributed by atoms with van der Waals surface area (Å²) in [4.78, 5) is 22.3. The minimum Gasteiger partial charge on any atom is -0.348 e. The summed E-state index contributed by atoms with van der Waals surface area (Å²) in [5.41, 5.74) is 0.707. The van der Waals surface area contributed by atoms with Crippen molar-refractivity contribution in [3.05, 3.63) is 40.5 Å². The molecule has 0 saturated heterocycles. The number of nitrogens with zero attached hydrogens (tertiary/aromatic N) is 5. The molecule has 2 aromatic heterocycles. The van der Waals surface area contributed by atoms with Crippen LogP contribution in [0.4, 0.5) is 5.69 Å². The number of hydrogen-bond acceptors (Lipinski definition) is 5. The molecule has 0 fully saturated rings. The Kier molecular flexibility index (Phi) is 5.09. The second-order valence-electron chi connectivity index (χ2n) is 5.41. The summed E-state index contributed by atoms with van der Waals surface area (Å²) in [6, 6.07) is 1.67. The van der Waals surface area contributed by atoms with Crippen molar-refractivity contribution < 1.29 is 9.72 Å². The van der Waals surface area contributed by atoms with Crippen LogP contribution in [0.5, 0.6) is 0 Å². The van der Waals surface area contributed by atoms with Gasteiger partial charge in [0, 0.05) is 12.7 Å². The van der Waals surface area contributed by atoms with Gasteiger partial charge in [0.2, 0.25) is 5.91 Å². The SMILES string of the molecule is CCn1ccc(C(C)NC(=O)C(C)Cn2cc([N+](=O)[O-])cn2)n1. The Morgan fingerprint density at radius 1 is 1.43 bits per heavy atom. The Morgan fingerprint density at radius 2 is 2.17 bits per heavy atom. The maximum Gasteiger partial charge on any atom is 0.306 e. The van der Waals surface area contributed by atoms with Gasteiger partial charge in [-0.3, -0.25) is 24.3 Å². The third-order valence-electron chi connectivity index (χ3n) is 3.53. The van der Waals surface area contributed by atoms with Gasteiger partial charge < -0.3 is 5.32 Å². The highest BCUT2D eigenvalue weighted by Gasteiger charge is 2.19. The molecule has 0 radical (unpaired) electrons. The first-order chi connectivity index (χ1) is 10.9. The number of rotatable bonds is 7. The first kappa shape index (κ1) is 16.7. The van der Waals surface area contributed by atoms with E-state index in [0.717, 1.165) is 12.2 Å². The molecule has 0 spiro atoms. The van der Waals surface area contributed by atoms with Crippen molar-refractivity contribution in [2.24, 2.45) is 5.92 Å². The van der Waals surface area contributed by atoms with Crippen LogP contribution in [0, 0.1) is 16.0 Å². The van der Waals surface area contributed by atoms with Gasteiger partial charge >= 0.3 is 5.69 Å². The Morgan fingerprint density at radius 3 is 2.74 bits per heavy atom. The number of amides is 1. The number of carbonyl (C=O) groups is 1. The Hall–Kier alpha value is -2.71. The molecule has 2 rings (SSSR count). The lowest BCUT2D eigenvalue weighted by atomic mass is 10.1. The molecule has 0 aliphatic carbocycles. The normalized spacial score (nSPS) is 13.5. The van der Waals surface area contributed by atoms with E-state index in [2.05, 4.69) is 15.5 Å². The van der Waals surface area contributed by atoms with E-state index in [4.69, 9.17) is 0 Å². The van der Waals surface area contributed by atoms with Crippen LogP contribution in [0.25, 0.3) is 0 Å². The molecule has 1 N–H and O–H groups in total. The summed E-state index contributed by atoms with van der Waals surface area (Å²) in [7, 11) is 0. The van der Waals surface area contributed by atoms with Crippen LogP contribution >= 0.6 is 0 Å². The van der Waals surface area contributed by atoms with Gasteiger partial charge in [0.25, 0.3) is 0 Å². The molecule has 124 valence electrons. The monoisotopic (exact) mass is 320 g/mol. The fourth-order valence-corrected chi connectivity index (χ4v) is 2.12. The zero-order valence-electron chi connectivity index (χ0n) is 13.3. The van der Waals surface area contributed by atoms with E-state index in [1.54, 1.807) is 11.6 Å². The Balaban J connectivity index is 1.92. The van der Waals surface area contributed by atoms with Crippen molar-refractivity contribution in [2.45, 2.75) is 39.9 Å². The fraction of sp³-hybridized carbons (Fsp3) is 0.500. The zero-order chi connectivity index (χ0) is 17.0. The third kappa shape index (κ3) is 4.15. The third-order valence-corrected chi connectivity index (χ3v) is 3.53. The molecular formula is C14H20N6O3. The first-order valence-electron chi connectivity index (χ1n) is 7.41. The summed E-state index contributed by atoms with van der Waals surface area (Å²) in [5, 5.41) is 21.8. The van der Waals surface area contributed by atoms with Crippen LogP contribution in [-0.4, -0.2) is 30.4 Å². The predicted molar refractivity (Wildman–Crippen MR) is 82.5 cm³/mol. The van der Waals surface area contributed by atoms with Gasteiger partial charge in [-0.15, -0.1) is 0 Å². The van der Waals surface area contributed by atoms with E-state index in [1.807, 2.05) is 26.1 Å². The molecule has 2 atom stereocenters. The summed E-state index contributed by atoms with van der Waals surface area (Å²) in [6.45, 7) is 6.65. The smallest absolute Gasteiger partial charge is 0.306 e. The molecule has 9 heteroatoms. The van der Waals surface area contributed by atoms with Crippen molar-refractivity contribution in [3.63, 3.8) is 0 Å². The maximum absolute atomic E-state index is 12.2. The van der Waals surface area contributed by atoms with E-state index in [0.29, 0.717) is 0 Å². The lowest BCUT2D eigenvalue weighted by Gasteiger charge is -2.16. The molecule has 0 bridgehead atoms. The quantitative estimate of drug-likeness (QED) is 0.614. The van der Waals surface area contributed by atoms with Crippen molar-refractivity contribution in [1.29, 1.82) is 0 Å². The van der Waals surface area contributed by atoms with E-state index >= 15 is 0 Å². The van der Waals surface area contributed by atoms with Gasteiger partial charge in [-0.05, 0) is 19.9 Å². The van der Waals surface area contributed by atoms with Gasteiger partial charge in [-0.1, -0.05) is 6.92 Å². The van der Waals surface area contributed by atoms with Crippen LogP contribution in [-0.2, 0) is 17.9 Å². The lowest BCUT2D eigenvalue weighted by molar-refractivity contribution is -0.385. The molecule has 2 unspecified atom stereocenters. The number of nitrogens with one attached hydrogen (secondary N) is 1. The zero-order valence-corrected chi connectivity index (χ0v) is 13.3. The second-order valence-corrected chi connectivity index (χ2v) is 5.41. The summed E-state index contributed by atoms with van der Waals surface area (Å²) < 4.78 is 3.20. The van der Waals surface area contributed by atoms with Gasteiger partial charge in [-0.25, -0.2) is 0 Å². The van der Waals surface area contributed by atoms with Crippen molar-refractivity contribution in [1.82, 2.24) is 24.9 Å². The Bertz CT molecular complexity index is 692. The van der Waals surface area contributed by atoms with Gasteiger partial charge in [-0.2, -0.15) is 10.2 Å². The Labute approximate surface area is 133 Å². The number of aryl methyl sites for hydroxylation is 1. The van der Waals surface area contributed by atoms with Crippen LogP contribution in [0.15, 0.2) is 24.7 Å². The van der Waals surface area contributed by atoms with Crippen LogP contribution in [0.3, 0.4) is 0 Å². The van der Waals surface area contributed by atoms with Crippen molar-refractivity contribution in [2.75, 3.05) is 0 Å². The lowest BCUT2D eigenvalue weighted by Crippen LogP contribution is -2.33. The minimum atomic E-state index is -0.514. The maximum atomic E-state index is 12.2. The largest absolute Gasteiger partial charge is 0.348 e. The molecule has 0 aliphatic rings. The molecule has 23 heavy (non-hydrogen) atoms. The average molecular weight is 320 g/mol. The topological polar surface area (TPSA) is 108 Å². The molecular weight excluding hydrogens is 300 g/mol. The van der Waals surface area contributed by atoms with Gasteiger partial charge in [0.05, 0.1) is 29.1 Å². The van der Waals surface area contributed by atoms with E-state index < -0.39 is 4.92 Å². The van der Waals surface area contributed by atoms with E-state index in [9.17, 15) is 14.9 Å². The predicted octanol–water partition coefficient (Wildman–Crippen LogP) is 1.52. The number of nitro groups is 1. The van der Waals surface area contributed by atoms with Crippen molar-refractivity contribution in [3.8, 4) is 0 Å². The van der Waals surface area contributed by atoms with Crippen LogP contribution < -0.4 is 5.32 Å². The summed E-state index contributed by atoms with van der Waals surface area (Å²) in [5.74, 6) is -0.521. The van der Waals surface area contributed by atoms with Gasteiger partial charge in [0.15, 0.2) is 0 Å². The second kappa shape index (κ2) is 7.03. The van der Waals surface area contributed by atoms with E-state index in [1.165, 1.54) is 17.1 Å². The summed E-state index contributed by atoms with van der Waals surface area (Å²) in [6.07, 6.45) is 4.35. The fourth-order valence-electron chi connectivity index (χ4n) is 2.12. The highest BCUT2D eigenvalue weighted by atomic mass is 16.6. The number of carbonyl (C=O) groups excluding carboxylic acids is 1. The average Bonchev–Trinajstić information content (AvgIpc) is 3.15. The molecule has 9 nitrogen and oxygen atoms in total. The van der Waals surface area contributed by atoms with E-state index in [-0.39, 0.29) is 30.1 Å². The number of aromatic nitrogens is 4.